The highest BCUT2D eigenvalue weighted by molar-refractivity contribution is 5.85. The van der Waals surface area contributed by atoms with Gasteiger partial charge in [-0.1, -0.05) is 12.8 Å². The standard InChI is InChI=1S/C10H13N3O2.ClH/c11-10(5-1-2-6-10)9-8(13(14)15)4-3-7-12-9;/h3-4,7H,1-2,5-6,11H2;1H. The van der Waals surface area contributed by atoms with Crippen molar-refractivity contribution in [1.82, 2.24) is 4.98 Å². The van der Waals surface area contributed by atoms with Crippen molar-refractivity contribution in [3.63, 3.8) is 0 Å². The van der Waals surface area contributed by atoms with Crippen molar-refractivity contribution in [2.75, 3.05) is 0 Å². The van der Waals surface area contributed by atoms with Crippen LogP contribution >= 0.6 is 12.4 Å². The summed E-state index contributed by atoms with van der Waals surface area (Å²) in [5.41, 5.74) is 6.04. The molecule has 88 valence electrons. The lowest BCUT2D eigenvalue weighted by Crippen LogP contribution is -2.34. The van der Waals surface area contributed by atoms with Gasteiger partial charge in [-0.2, -0.15) is 0 Å². The van der Waals surface area contributed by atoms with Crippen molar-refractivity contribution in [1.29, 1.82) is 0 Å². The Hall–Kier alpha value is -1.20. The van der Waals surface area contributed by atoms with Crippen LogP contribution in [0, 0.1) is 10.1 Å². The molecule has 5 nitrogen and oxygen atoms in total. The van der Waals surface area contributed by atoms with Gasteiger partial charge in [-0.3, -0.25) is 15.1 Å². The maximum Gasteiger partial charge on any atom is 0.292 e. The van der Waals surface area contributed by atoms with E-state index in [2.05, 4.69) is 4.98 Å². The molecule has 1 aliphatic carbocycles. The number of hydrogen-bond acceptors (Lipinski definition) is 4. The van der Waals surface area contributed by atoms with E-state index in [-0.39, 0.29) is 18.1 Å². The molecular weight excluding hydrogens is 230 g/mol. The molecule has 0 spiro atoms. The normalized spacial score (nSPS) is 17.8. The summed E-state index contributed by atoms with van der Waals surface area (Å²) in [6, 6.07) is 3.04. The van der Waals surface area contributed by atoms with Gasteiger partial charge in [0.05, 0.1) is 10.5 Å². The first-order valence-electron chi connectivity index (χ1n) is 5.02. The van der Waals surface area contributed by atoms with Crippen LogP contribution < -0.4 is 5.73 Å². The van der Waals surface area contributed by atoms with Gasteiger partial charge in [0.2, 0.25) is 0 Å². The number of halogens is 1. The molecule has 1 aromatic heterocycles. The van der Waals surface area contributed by atoms with Gasteiger partial charge in [-0.15, -0.1) is 12.4 Å². The molecule has 0 bridgehead atoms. The lowest BCUT2D eigenvalue weighted by atomic mass is 9.93. The monoisotopic (exact) mass is 243 g/mol. The second-order valence-corrected chi connectivity index (χ2v) is 3.99. The fourth-order valence-corrected chi connectivity index (χ4v) is 2.17. The van der Waals surface area contributed by atoms with E-state index in [1.807, 2.05) is 0 Å². The highest BCUT2D eigenvalue weighted by Gasteiger charge is 2.37. The summed E-state index contributed by atoms with van der Waals surface area (Å²) in [4.78, 5) is 14.5. The summed E-state index contributed by atoms with van der Waals surface area (Å²) in [7, 11) is 0. The number of nitrogens with zero attached hydrogens (tertiary/aromatic N) is 2. The summed E-state index contributed by atoms with van der Waals surface area (Å²) in [6.07, 6.45) is 5.17. The van der Waals surface area contributed by atoms with Crippen LogP contribution in [-0.4, -0.2) is 9.91 Å². The predicted octanol–water partition coefficient (Wildman–Crippen LogP) is 2.14. The third-order valence-electron chi connectivity index (χ3n) is 2.95. The summed E-state index contributed by atoms with van der Waals surface area (Å²) >= 11 is 0. The van der Waals surface area contributed by atoms with Gasteiger partial charge in [-0.05, 0) is 18.9 Å². The number of nitro groups is 1. The molecule has 0 aromatic carbocycles. The first kappa shape index (κ1) is 12.9. The molecule has 0 aliphatic heterocycles. The maximum absolute atomic E-state index is 10.8. The smallest absolute Gasteiger partial charge is 0.292 e. The largest absolute Gasteiger partial charge is 0.320 e. The topological polar surface area (TPSA) is 82.0 Å². The molecular formula is C10H14ClN3O2. The van der Waals surface area contributed by atoms with Crippen LogP contribution in [0.15, 0.2) is 18.3 Å². The Kier molecular flexibility index (Phi) is 3.83. The van der Waals surface area contributed by atoms with Crippen molar-refractivity contribution < 1.29 is 4.92 Å². The van der Waals surface area contributed by atoms with E-state index in [4.69, 9.17) is 5.73 Å². The van der Waals surface area contributed by atoms with E-state index in [0.717, 1.165) is 25.7 Å². The van der Waals surface area contributed by atoms with E-state index in [9.17, 15) is 10.1 Å². The Morgan fingerprint density at radius 2 is 2.06 bits per heavy atom. The molecule has 1 aliphatic rings. The van der Waals surface area contributed by atoms with Gasteiger partial charge in [0, 0.05) is 12.3 Å². The van der Waals surface area contributed by atoms with Crippen molar-refractivity contribution in [3.8, 4) is 0 Å². The number of rotatable bonds is 2. The fraction of sp³-hybridized carbons (Fsp3) is 0.500. The molecule has 16 heavy (non-hydrogen) atoms. The first-order valence-corrected chi connectivity index (χ1v) is 5.02. The molecule has 0 saturated heterocycles. The second-order valence-electron chi connectivity index (χ2n) is 3.99. The van der Waals surface area contributed by atoms with Crippen molar-refractivity contribution >= 4 is 18.1 Å². The summed E-state index contributed by atoms with van der Waals surface area (Å²) < 4.78 is 0. The fourth-order valence-electron chi connectivity index (χ4n) is 2.17. The summed E-state index contributed by atoms with van der Waals surface area (Å²) in [5.74, 6) is 0. The van der Waals surface area contributed by atoms with Crippen LogP contribution in [0.5, 0.6) is 0 Å². The second kappa shape index (κ2) is 4.76. The summed E-state index contributed by atoms with van der Waals surface area (Å²) in [5, 5.41) is 10.8. The zero-order chi connectivity index (χ0) is 10.9. The van der Waals surface area contributed by atoms with Gasteiger partial charge in [0.25, 0.3) is 5.69 Å². The van der Waals surface area contributed by atoms with Crippen LogP contribution in [0.1, 0.15) is 31.4 Å². The van der Waals surface area contributed by atoms with Crippen LogP contribution in [0.2, 0.25) is 0 Å². The average Bonchev–Trinajstić information content (AvgIpc) is 2.66. The lowest BCUT2D eigenvalue weighted by Gasteiger charge is -2.21. The third kappa shape index (κ3) is 2.15. The van der Waals surface area contributed by atoms with E-state index in [1.54, 1.807) is 12.3 Å². The lowest BCUT2D eigenvalue weighted by molar-refractivity contribution is -0.386. The van der Waals surface area contributed by atoms with Gasteiger partial charge in [0.15, 0.2) is 0 Å². The van der Waals surface area contributed by atoms with E-state index < -0.39 is 10.5 Å². The highest BCUT2D eigenvalue weighted by Crippen LogP contribution is 2.38. The van der Waals surface area contributed by atoms with E-state index in [1.165, 1.54) is 6.07 Å². The Morgan fingerprint density at radius 1 is 1.44 bits per heavy atom. The van der Waals surface area contributed by atoms with Crippen molar-refractivity contribution in [2.45, 2.75) is 31.2 Å². The quantitative estimate of drug-likeness (QED) is 0.637. The third-order valence-corrected chi connectivity index (χ3v) is 2.95. The molecule has 0 radical (unpaired) electrons. The molecule has 6 heteroatoms. The van der Waals surface area contributed by atoms with Gasteiger partial charge in [-0.25, -0.2) is 0 Å². The van der Waals surface area contributed by atoms with E-state index >= 15 is 0 Å². The minimum Gasteiger partial charge on any atom is -0.320 e. The van der Waals surface area contributed by atoms with Crippen molar-refractivity contribution in [3.05, 3.63) is 34.1 Å². The van der Waals surface area contributed by atoms with Gasteiger partial charge >= 0.3 is 0 Å². The molecule has 2 rings (SSSR count). The van der Waals surface area contributed by atoms with Gasteiger partial charge < -0.3 is 5.73 Å². The molecule has 1 aromatic rings. The number of pyridine rings is 1. The molecule has 0 amide bonds. The molecule has 0 atom stereocenters. The van der Waals surface area contributed by atoms with Crippen LogP contribution in [0.3, 0.4) is 0 Å². The molecule has 1 saturated carbocycles. The SMILES string of the molecule is Cl.NC1(c2ncccc2[N+](=O)[O-])CCCC1. The number of aromatic nitrogens is 1. The van der Waals surface area contributed by atoms with Crippen LogP contribution in [-0.2, 0) is 5.54 Å². The minimum absolute atomic E-state index is 0. The zero-order valence-corrected chi connectivity index (χ0v) is 9.57. The Balaban J connectivity index is 0.00000128. The Labute approximate surface area is 99.6 Å². The maximum atomic E-state index is 10.8. The number of hydrogen-bond donors (Lipinski definition) is 1. The zero-order valence-electron chi connectivity index (χ0n) is 8.76. The Bertz CT molecular complexity index is 391. The summed E-state index contributed by atoms with van der Waals surface area (Å²) in [6.45, 7) is 0. The molecule has 2 N–H and O–H groups in total. The molecule has 1 fully saturated rings. The molecule has 0 unspecified atom stereocenters. The minimum atomic E-state index is -0.594. The molecule has 1 heterocycles. The van der Waals surface area contributed by atoms with Crippen LogP contribution in [0.25, 0.3) is 0 Å². The average molecular weight is 244 g/mol. The Morgan fingerprint density at radius 3 is 2.62 bits per heavy atom. The van der Waals surface area contributed by atoms with Crippen molar-refractivity contribution in [2.24, 2.45) is 5.73 Å². The van der Waals surface area contributed by atoms with E-state index in [0.29, 0.717) is 5.69 Å². The first-order chi connectivity index (χ1) is 7.13. The number of nitrogens with two attached hydrogens (primary N) is 1. The van der Waals surface area contributed by atoms with Gasteiger partial charge in [0.1, 0.15) is 5.69 Å². The predicted molar refractivity (Wildman–Crippen MR) is 62.5 cm³/mol. The van der Waals surface area contributed by atoms with Crippen LogP contribution in [0.4, 0.5) is 5.69 Å². The highest BCUT2D eigenvalue weighted by atomic mass is 35.5.